The van der Waals surface area contributed by atoms with E-state index in [9.17, 15) is 4.39 Å². The molecule has 4 aromatic rings. The fraction of sp³-hybridized carbons (Fsp3) is 0.429. The number of benzene rings is 2. The average molecular weight is 438 g/mol. The molecule has 0 fully saturated rings. The topological polar surface area (TPSA) is 30.2 Å². The van der Waals surface area contributed by atoms with E-state index in [0.29, 0.717) is 5.52 Å². The molecule has 2 aromatic carbocycles. The molecule has 174 valence electrons. The summed E-state index contributed by atoms with van der Waals surface area (Å²) in [5.74, 6) is 0.602. The molecule has 0 N–H and O–H groups in total. The first-order valence-corrected chi connectivity index (χ1v) is 11.9. The number of aromatic nitrogens is 3. The smallest absolute Gasteiger partial charge is 0.149 e. The van der Waals surface area contributed by atoms with E-state index in [2.05, 4.69) is 31.2 Å². The Labute approximate surface area is 193 Å². The van der Waals surface area contributed by atoms with Crippen molar-refractivity contribution in [1.29, 1.82) is 0 Å². The number of nitrogens with zero attached hydrogens (tertiary/aromatic N) is 3. The summed E-state index contributed by atoms with van der Waals surface area (Å²) in [6.07, 6.45) is 1.99. The molecule has 0 aliphatic rings. The lowest BCUT2D eigenvalue weighted by Gasteiger charge is -2.21. The summed E-state index contributed by atoms with van der Waals surface area (Å²) in [6, 6.07) is 11.1. The minimum absolute atomic E-state index is 0.210. The molecule has 4 rings (SSSR count). The summed E-state index contributed by atoms with van der Waals surface area (Å²) in [6.45, 7) is 22.3. The molecule has 2 aromatic heterocycles. The fourth-order valence-electron chi connectivity index (χ4n) is 3.46. The Morgan fingerprint density at radius 2 is 1.50 bits per heavy atom. The minimum atomic E-state index is -0.276. The maximum absolute atomic E-state index is 14.3. The van der Waals surface area contributed by atoms with Gasteiger partial charge in [0.2, 0.25) is 0 Å². The fourth-order valence-corrected chi connectivity index (χ4v) is 3.46. The van der Waals surface area contributed by atoms with E-state index < -0.39 is 0 Å². The van der Waals surface area contributed by atoms with E-state index in [1.165, 1.54) is 6.07 Å². The third kappa shape index (κ3) is 5.17. The average Bonchev–Trinajstić information content (AvgIpc) is 3.20. The van der Waals surface area contributed by atoms with Crippen molar-refractivity contribution in [3.8, 4) is 0 Å². The van der Waals surface area contributed by atoms with Gasteiger partial charge in [-0.3, -0.25) is 4.40 Å². The molecule has 0 saturated heterocycles. The monoisotopic (exact) mass is 437 g/mol. The van der Waals surface area contributed by atoms with Crippen LogP contribution in [0.15, 0.2) is 42.5 Å². The number of hydrogen-bond donors (Lipinski definition) is 0. The molecule has 0 aliphatic heterocycles. The Morgan fingerprint density at radius 3 is 2.06 bits per heavy atom. The van der Waals surface area contributed by atoms with Crippen molar-refractivity contribution in [2.45, 2.75) is 81.6 Å². The van der Waals surface area contributed by atoms with Crippen molar-refractivity contribution >= 4 is 33.2 Å². The van der Waals surface area contributed by atoms with Crippen LogP contribution in [0.5, 0.6) is 0 Å². The van der Waals surface area contributed by atoms with Crippen LogP contribution >= 0.6 is 0 Å². The van der Waals surface area contributed by atoms with Crippen molar-refractivity contribution in [3.63, 3.8) is 0 Å². The van der Waals surface area contributed by atoms with Gasteiger partial charge < -0.3 is 0 Å². The third-order valence-corrected chi connectivity index (χ3v) is 4.83. The Kier molecular flexibility index (Phi) is 10.0. The van der Waals surface area contributed by atoms with Gasteiger partial charge in [-0.05, 0) is 43.2 Å². The van der Waals surface area contributed by atoms with Gasteiger partial charge in [-0.2, -0.15) is 0 Å². The van der Waals surface area contributed by atoms with Crippen molar-refractivity contribution < 1.29 is 4.39 Å². The standard InChI is InChI=1S/C22H22FN3.3C2H6/c1-6-13(2)15-11-14(23)12-17-19(15)20-24-16-9-7-8-10-18(16)26(20)21(25-17)22(3,4)5;3*1-2/h6-12H,1-5H3;3*1-2H3. The first-order chi connectivity index (χ1) is 15.3. The molecule has 0 spiro atoms. The van der Waals surface area contributed by atoms with Gasteiger partial charge in [-0.1, -0.05) is 80.5 Å². The number of fused-ring (bicyclic) bond motifs is 5. The van der Waals surface area contributed by atoms with Crippen LogP contribution in [0.3, 0.4) is 0 Å². The third-order valence-electron chi connectivity index (χ3n) is 4.83. The van der Waals surface area contributed by atoms with E-state index in [-0.39, 0.29) is 11.2 Å². The van der Waals surface area contributed by atoms with Gasteiger partial charge in [-0.25, -0.2) is 14.4 Å². The number of halogens is 1. The second-order valence-electron chi connectivity index (χ2n) is 7.76. The maximum Gasteiger partial charge on any atom is 0.149 e. The van der Waals surface area contributed by atoms with Gasteiger partial charge in [0.1, 0.15) is 17.3 Å². The summed E-state index contributed by atoms with van der Waals surface area (Å²) in [7, 11) is 0. The lowest BCUT2D eigenvalue weighted by molar-refractivity contribution is 0.542. The molecule has 0 saturated carbocycles. The number of rotatable bonds is 1. The molecule has 0 atom stereocenters. The first kappa shape index (κ1) is 27.3. The predicted molar refractivity (Wildman–Crippen MR) is 140 cm³/mol. The number of imidazole rings is 1. The van der Waals surface area contributed by atoms with E-state index in [4.69, 9.17) is 9.97 Å². The number of allylic oxidation sites excluding steroid dienone is 2. The van der Waals surface area contributed by atoms with Gasteiger partial charge in [-0.15, -0.1) is 0 Å². The largest absolute Gasteiger partial charge is 0.279 e. The summed E-state index contributed by atoms with van der Waals surface area (Å²) in [4.78, 5) is 9.79. The van der Waals surface area contributed by atoms with Crippen molar-refractivity contribution in [2.24, 2.45) is 0 Å². The molecule has 4 heteroatoms. The zero-order valence-electron chi connectivity index (χ0n) is 21.8. The van der Waals surface area contributed by atoms with Crippen LogP contribution in [-0.2, 0) is 5.41 Å². The van der Waals surface area contributed by atoms with Crippen LogP contribution < -0.4 is 0 Å². The highest BCUT2D eigenvalue weighted by atomic mass is 19.1. The number of hydrogen-bond acceptors (Lipinski definition) is 2. The van der Waals surface area contributed by atoms with E-state index in [1.54, 1.807) is 6.07 Å². The Morgan fingerprint density at radius 1 is 0.906 bits per heavy atom. The summed E-state index contributed by atoms with van der Waals surface area (Å²) in [5.41, 5.74) is 5.06. The van der Waals surface area contributed by atoms with Gasteiger partial charge in [0.05, 0.1) is 21.9 Å². The SMILES string of the molecule is CC.CC.CC.CC=C(C)c1cc(F)cc2nc(C(C)(C)C)n3c4ccccc4nc3c12. The minimum Gasteiger partial charge on any atom is -0.279 e. The Bertz CT molecular complexity index is 1190. The summed E-state index contributed by atoms with van der Waals surface area (Å²) >= 11 is 0. The van der Waals surface area contributed by atoms with Crippen molar-refractivity contribution in [3.05, 3.63) is 59.7 Å². The summed E-state index contributed by atoms with van der Waals surface area (Å²) < 4.78 is 16.5. The normalized spacial score (nSPS) is 11.3. The molecule has 0 aliphatic carbocycles. The van der Waals surface area contributed by atoms with Crippen LogP contribution in [0, 0.1) is 5.82 Å². The second kappa shape index (κ2) is 11.8. The maximum atomic E-state index is 14.3. The Balaban J connectivity index is 0.000000789. The van der Waals surface area contributed by atoms with Crippen LogP contribution in [0.1, 0.15) is 87.5 Å². The molecule has 0 bridgehead atoms. The quantitative estimate of drug-likeness (QED) is 0.297. The molecule has 3 nitrogen and oxygen atoms in total. The summed E-state index contributed by atoms with van der Waals surface area (Å²) in [5, 5.41) is 0.895. The van der Waals surface area contributed by atoms with E-state index in [0.717, 1.165) is 39.0 Å². The van der Waals surface area contributed by atoms with E-state index in [1.807, 2.05) is 79.7 Å². The zero-order valence-corrected chi connectivity index (χ0v) is 21.8. The Hall–Kier alpha value is -2.75. The van der Waals surface area contributed by atoms with Crippen LogP contribution in [0.4, 0.5) is 4.39 Å². The molecule has 0 radical (unpaired) electrons. The first-order valence-electron chi connectivity index (χ1n) is 11.9. The van der Waals surface area contributed by atoms with Crippen molar-refractivity contribution in [2.75, 3.05) is 0 Å². The molecule has 0 unspecified atom stereocenters. The van der Waals surface area contributed by atoms with Crippen LogP contribution in [-0.4, -0.2) is 14.4 Å². The molecular weight excluding hydrogens is 397 g/mol. The van der Waals surface area contributed by atoms with E-state index >= 15 is 0 Å². The van der Waals surface area contributed by atoms with Gasteiger partial charge >= 0.3 is 0 Å². The molecule has 2 heterocycles. The van der Waals surface area contributed by atoms with Gasteiger partial charge in [0.25, 0.3) is 0 Å². The zero-order chi connectivity index (χ0) is 24.6. The lowest BCUT2D eigenvalue weighted by Crippen LogP contribution is -2.19. The molecular formula is C28H40FN3. The second-order valence-corrected chi connectivity index (χ2v) is 7.76. The molecule has 0 amide bonds. The highest BCUT2D eigenvalue weighted by Crippen LogP contribution is 2.34. The number of para-hydroxylation sites is 2. The van der Waals surface area contributed by atoms with Crippen molar-refractivity contribution in [1.82, 2.24) is 14.4 Å². The molecule has 32 heavy (non-hydrogen) atoms. The van der Waals surface area contributed by atoms with Gasteiger partial charge in [0, 0.05) is 11.5 Å². The highest BCUT2D eigenvalue weighted by Gasteiger charge is 2.24. The van der Waals surface area contributed by atoms with Crippen LogP contribution in [0.2, 0.25) is 0 Å². The lowest BCUT2D eigenvalue weighted by atomic mass is 9.94. The van der Waals surface area contributed by atoms with Gasteiger partial charge in [0.15, 0.2) is 0 Å². The van der Waals surface area contributed by atoms with Crippen LogP contribution in [0.25, 0.3) is 33.2 Å². The predicted octanol–water partition coefficient (Wildman–Crippen LogP) is 8.97. The highest BCUT2D eigenvalue weighted by molar-refractivity contribution is 6.03.